The van der Waals surface area contributed by atoms with Crippen LogP contribution in [0, 0.1) is 0 Å². The molecule has 6 nitrogen and oxygen atoms in total. The van der Waals surface area contributed by atoms with Gasteiger partial charge in [0.15, 0.2) is 0 Å². The van der Waals surface area contributed by atoms with Gasteiger partial charge in [-0.3, -0.25) is 0 Å². The summed E-state index contributed by atoms with van der Waals surface area (Å²) in [5.41, 5.74) is 0.189. The third-order valence-electron chi connectivity index (χ3n) is 3.16. The predicted molar refractivity (Wildman–Crippen MR) is 79.0 cm³/mol. The summed E-state index contributed by atoms with van der Waals surface area (Å²) in [7, 11) is 0. The van der Waals surface area contributed by atoms with E-state index in [1.165, 1.54) is 18.2 Å². The Bertz CT molecular complexity index is 554. The Labute approximate surface area is 127 Å². The maximum absolute atomic E-state index is 12.3. The molecule has 21 heavy (non-hydrogen) atoms. The third kappa shape index (κ3) is 3.86. The van der Waals surface area contributed by atoms with E-state index in [0.717, 1.165) is 0 Å². The molecule has 1 aromatic carbocycles. The molecule has 1 saturated heterocycles. The zero-order valence-electron chi connectivity index (χ0n) is 11.8. The first-order valence-corrected chi connectivity index (χ1v) is 6.99. The topological polar surface area (TPSA) is 78.9 Å². The minimum Gasteiger partial charge on any atom is -0.478 e. The van der Waals surface area contributed by atoms with Crippen molar-refractivity contribution in [2.45, 2.75) is 26.1 Å². The molecule has 1 aliphatic heterocycles. The van der Waals surface area contributed by atoms with Crippen LogP contribution in [0.15, 0.2) is 18.2 Å². The number of halogens is 1. The van der Waals surface area contributed by atoms with Crippen LogP contribution in [0.3, 0.4) is 0 Å². The van der Waals surface area contributed by atoms with E-state index < -0.39 is 5.97 Å². The number of benzene rings is 1. The van der Waals surface area contributed by atoms with Gasteiger partial charge < -0.3 is 20.1 Å². The van der Waals surface area contributed by atoms with Crippen molar-refractivity contribution in [2.24, 2.45) is 0 Å². The van der Waals surface area contributed by atoms with Gasteiger partial charge in [0.05, 0.1) is 23.5 Å². The minimum absolute atomic E-state index is 0.0368. The number of carboxylic acids is 1. The number of ether oxygens (including phenoxy) is 1. The molecule has 2 unspecified atom stereocenters. The van der Waals surface area contributed by atoms with Gasteiger partial charge in [0.25, 0.3) is 0 Å². The van der Waals surface area contributed by atoms with E-state index in [0.29, 0.717) is 18.1 Å². The van der Waals surface area contributed by atoms with E-state index in [1.54, 1.807) is 4.90 Å². The van der Waals surface area contributed by atoms with Gasteiger partial charge in [0, 0.05) is 18.1 Å². The number of carbonyl (C=O) groups excluding carboxylic acids is 1. The van der Waals surface area contributed by atoms with Gasteiger partial charge in [-0.15, -0.1) is 0 Å². The Morgan fingerprint density at radius 3 is 2.52 bits per heavy atom. The molecular weight excluding hydrogens is 296 g/mol. The number of hydrogen-bond acceptors (Lipinski definition) is 3. The highest BCUT2D eigenvalue weighted by Crippen LogP contribution is 2.22. The summed E-state index contributed by atoms with van der Waals surface area (Å²) in [6.45, 7) is 4.71. The highest BCUT2D eigenvalue weighted by molar-refractivity contribution is 6.31. The number of carboxylic acid groups (broad SMARTS) is 1. The first-order valence-electron chi connectivity index (χ1n) is 6.61. The molecule has 2 N–H and O–H groups in total. The highest BCUT2D eigenvalue weighted by Gasteiger charge is 2.26. The van der Waals surface area contributed by atoms with Crippen LogP contribution in [0.5, 0.6) is 0 Å². The number of nitrogens with one attached hydrogen (secondary N) is 1. The average Bonchev–Trinajstić information content (AvgIpc) is 2.39. The number of amides is 2. The molecule has 114 valence electrons. The Kier molecular flexibility index (Phi) is 4.69. The number of anilines is 1. The highest BCUT2D eigenvalue weighted by atomic mass is 35.5. The fourth-order valence-electron chi connectivity index (χ4n) is 2.34. The van der Waals surface area contributed by atoms with Crippen molar-refractivity contribution in [3.05, 3.63) is 28.8 Å². The van der Waals surface area contributed by atoms with Crippen molar-refractivity contribution in [3.63, 3.8) is 0 Å². The zero-order valence-corrected chi connectivity index (χ0v) is 12.6. The SMILES string of the molecule is CC1CN(C(=O)Nc2ccc(Cl)cc2C(=O)O)CC(C)O1. The van der Waals surface area contributed by atoms with Crippen molar-refractivity contribution >= 4 is 29.3 Å². The first kappa shape index (κ1) is 15.6. The molecule has 0 aromatic heterocycles. The third-order valence-corrected chi connectivity index (χ3v) is 3.40. The van der Waals surface area contributed by atoms with Crippen LogP contribution in [-0.4, -0.2) is 47.3 Å². The lowest BCUT2D eigenvalue weighted by Gasteiger charge is -2.35. The average molecular weight is 313 g/mol. The maximum Gasteiger partial charge on any atom is 0.337 e. The van der Waals surface area contributed by atoms with Gasteiger partial charge in [-0.2, -0.15) is 0 Å². The summed E-state index contributed by atoms with van der Waals surface area (Å²) in [4.78, 5) is 25.1. The number of urea groups is 1. The molecule has 1 aliphatic rings. The Morgan fingerprint density at radius 1 is 1.33 bits per heavy atom. The molecule has 0 radical (unpaired) electrons. The van der Waals surface area contributed by atoms with Crippen molar-refractivity contribution in [3.8, 4) is 0 Å². The summed E-state index contributed by atoms with van der Waals surface area (Å²) in [5, 5.41) is 12.1. The Balaban J connectivity index is 2.14. The number of rotatable bonds is 2. The van der Waals surface area contributed by atoms with Gasteiger partial charge >= 0.3 is 12.0 Å². The van der Waals surface area contributed by atoms with E-state index in [1.807, 2.05) is 13.8 Å². The second-order valence-electron chi connectivity index (χ2n) is 5.09. The van der Waals surface area contributed by atoms with E-state index in [9.17, 15) is 9.59 Å². The number of morpholine rings is 1. The lowest BCUT2D eigenvalue weighted by molar-refractivity contribution is -0.0530. The fourth-order valence-corrected chi connectivity index (χ4v) is 2.51. The lowest BCUT2D eigenvalue weighted by atomic mass is 10.2. The summed E-state index contributed by atoms with van der Waals surface area (Å²) < 4.78 is 5.56. The van der Waals surface area contributed by atoms with E-state index in [4.69, 9.17) is 21.4 Å². The smallest absolute Gasteiger partial charge is 0.337 e. The summed E-state index contributed by atoms with van der Waals surface area (Å²) in [6, 6.07) is 3.98. The fraction of sp³-hybridized carbons (Fsp3) is 0.429. The van der Waals surface area contributed by atoms with Crippen LogP contribution in [0.4, 0.5) is 10.5 Å². The number of hydrogen-bond donors (Lipinski definition) is 2. The van der Waals surface area contributed by atoms with Gasteiger partial charge in [0.2, 0.25) is 0 Å². The molecule has 0 bridgehead atoms. The van der Waals surface area contributed by atoms with Crippen LogP contribution < -0.4 is 5.32 Å². The quantitative estimate of drug-likeness (QED) is 0.880. The monoisotopic (exact) mass is 312 g/mol. The molecule has 2 atom stereocenters. The lowest BCUT2D eigenvalue weighted by Crippen LogP contribution is -2.49. The molecular formula is C14H17ClN2O4. The van der Waals surface area contributed by atoms with Gasteiger partial charge in [-0.25, -0.2) is 9.59 Å². The van der Waals surface area contributed by atoms with Crippen molar-refractivity contribution in [2.75, 3.05) is 18.4 Å². The van der Waals surface area contributed by atoms with Crippen molar-refractivity contribution in [1.29, 1.82) is 0 Å². The summed E-state index contributed by atoms with van der Waals surface area (Å²) in [5.74, 6) is -1.14. The van der Waals surface area contributed by atoms with Crippen molar-refractivity contribution in [1.82, 2.24) is 4.90 Å². The van der Waals surface area contributed by atoms with Crippen LogP contribution in [0.25, 0.3) is 0 Å². The second kappa shape index (κ2) is 6.32. The Morgan fingerprint density at radius 2 is 1.95 bits per heavy atom. The van der Waals surface area contributed by atoms with E-state index in [-0.39, 0.29) is 29.5 Å². The minimum atomic E-state index is -1.14. The van der Waals surface area contributed by atoms with Crippen LogP contribution >= 0.6 is 11.6 Å². The predicted octanol–water partition coefficient (Wildman–Crippen LogP) is 2.68. The second-order valence-corrected chi connectivity index (χ2v) is 5.52. The number of nitrogens with zero attached hydrogens (tertiary/aromatic N) is 1. The molecule has 0 saturated carbocycles. The van der Waals surface area contributed by atoms with Crippen molar-refractivity contribution < 1.29 is 19.4 Å². The maximum atomic E-state index is 12.3. The zero-order chi connectivity index (χ0) is 15.6. The molecule has 1 heterocycles. The van der Waals surface area contributed by atoms with Crippen LogP contribution in [-0.2, 0) is 4.74 Å². The molecule has 0 aliphatic carbocycles. The Hall–Kier alpha value is -1.79. The number of aromatic carboxylic acids is 1. The van der Waals surface area contributed by atoms with Gasteiger partial charge in [-0.05, 0) is 32.0 Å². The molecule has 1 aromatic rings. The molecule has 2 rings (SSSR count). The van der Waals surface area contributed by atoms with Crippen LogP contribution in [0.1, 0.15) is 24.2 Å². The van der Waals surface area contributed by atoms with Crippen LogP contribution in [0.2, 0.25) is 5.02 Å². The first-order chi connectivity index (χ1) is 9.86. The number of carbonyl (C=O) groups is 2. The van der Waals surface area contributed by atoms with Gasteiger partial charge in [0.1, 0.15) is 0 Å². The molecule has 1 fully saturated rings. The molecule has 2 amide bonds. The molecule has 0 spiro atoms. The largest absolute Gasteiger partial charge is 0.478 e. The summed E-state index contributed by atoms with van der Waals surface area (Å²) >= 11 is 5.78. The van der Waals surface area contributed by atoms with E-state index >= 15 is 0 Å². The molecule has 7 heteroatoms. The van der Waals surface area contributed by atoms with E-state index in [2.05, 4.69) is 5.32 Å². The summed E-state index contributed by atoms with van der Waals surface area (Å²) in [6.07, 6.45) is -0.104. The van der Waals surface area contributed by atoms with Gasteiger partial charge in [-0.1, -0.05) is 11.6 Å². The standard InChI is InChI=1S/C14H17ClN2O4/c1-8-6-17(7-9(2)21-8)14(20)16-12-4-3-10(15)5-11(12)13(18)19/h3-5,8-9H,6-7H2,1-2H3,(H,16,20)(H,18,19). The normalized spacial score (nSPS) is 22.0.